The number of hydrogen-bond acceptors (Lipinski definition) is 4. The van der Waals surface area contributed by atoms with E-state index < -0.39 is 11.7 Å². The first-order chi connectivity index (χ1) is 13.0. The van der Waals surface area contributed by atoms with Crippen LogP contribution in [0.2, 0.25) is 0 Å². The van der Waals surface area contributed by atoms with Crippen LogP contribution < -0.4 is 9.47 Å². The van der Waals surface area contributed by atoms with Crippen molar-refractivity contribution in [2.45, 2.75) is 19.0 Å². The lowest BCUT2D eigenvalue weighted by Crippen LogP contribution is -2.06. The number of nitrogens with zero attached hydrogens (tertiary/aromatic N) is 1. The van der Waals surface area contributed by atoms with Crippen molar-refractivity contribution in [3.05, 3.63) is 75.7 Å². The van der Waals surface area contributed by atoms with Crippen LogP contribution in [0.1, 0.15) is 21.6 Å². The molecule has 1 aromatic heterocycles. The molecular formula is C20H18F3NO2S. The van der Waals surface area contributed by atoms with Gasteiger partial charge in [-0.25, -0.2) is 0 Å². The standard InChI is InChI=1S/C20H18F3NO2S/c1-25-19-7-2-14(11-18-12-24-13-27-18)10-15(19)8-9-26-17-5-3-16(4-6-17)20(21,22)23/h2-7,10,12-13H,8-9,11H2,1H3. The van der Waals surface area contributed by atoms with Crippen molar-refractivity contribution in [1.29, 1.82) is 0 Å². The normalized spacial score (nSPS) is 11.4. The second kappa shape index (κ2) is 8.43. The van der Waals surface area contributed by atoms with E-state index in [-0.39, 0.29) is 0 Å². The number of halogens is 3. The molecule has 0 saturated carbocycles. The first kappa shape index (κ1) is 19.2. The van der Waals surface area contributed by atoms with E-state index in [4.69, 9.17) is 9.47 Å². The summed E-state index contributed by atoms with van der Waals surface area (Å²) >= 11 is 1.60. The smallest absolute Gasteiger partial charge is 0.416 e. The van der Waals surface area contributed by atoms with Gasteiger partial charge in [-0.05, 0) is 41.5 Å². The van der Waals surface area contributed by atoms with Gasteiger partial charge in [-0.2, -0.15) is 13.2 Å². The van der Waals surface area contributed by atoms with E-state index in [1.165, 1.54) is 17.0 Å². The van der Waals surface area contributed by atoms with Gasteiger partial charge in [0.05, 0.1) is 24.8 Å². The van der Waals surface area contributed by atoms with Gasteiger partial charge in [-0.15, -0.1) is 11.3 Å². The fourth-order valence-corrected chi connectivity index (χ4v) is 3.32. The van der Waals surface area contributed by atoms with Gasteiger partial charge in [0.15, 0.2) is 0 Å². The molecule has 0 saturated heterocycles. The lowest BCUT2D eigenvalue weighted by atomic mass is 10.0. The van der Waals surface area contributed by atoms with Crippen molar-refractivity contribution in [3.63, 3.8) is 0 Å². The maximum atomic E-state index is 12.6. The average Bonchev–Trinajstić information content (AvgIpc) is 3.15. The number of alkyl halides is 3. The van der Waals surface area contributed by atoms with Gasteiger partial charge in [-0.1, -0.05) is 12.1 Å². The Hall–Kier alpha value is -2.54. The molecule has 27 heavy (non-hydrogen) atoms. The van der Waals surface area contributed by atoms with Crippen LogP contribution in [0.15, 0.2) is 54.2 Å². The molecule has 0 unspecified atom stereocenters. The number of aromatic nitrogens is 1. The third kappa shape index (κ3) is 5.23. The molecule has 3 nitrogen and oxygen atoms in total. The Morgan fingerprint density at radius 2 is 1.85 bits per heavy atom. The van der Waals surface area contributed by atoms with Crippen LogP contribution in [-0.4, -0.2) is 18.7 Å². The molecule has 0 radical (unpaired) electrons. The van der Waals surface area contributed by atoms with Crippen LogP contribution in [0.4, 0.5) is 13.2 Å². The van der Waals surface area contributed by atoms with E-state index in [9.17, 15) is 13.2 Å². The highest BCUT2D eigenvalue weighted by Gasteiger charge is 2.30. The zero-order valence-electron chi connectivity index (χ0n) is 14.6. The summed E-state index contributed by atoms with van der Waals surface area (Å²) in [7, 11) is 1.61. The van der Waals surface area contributed by atoms with E-state index in [0.29, 0.717) is 18.8 Å². The lowest BCUT2D eigenvalue weighted by molar-refractivity contribution is -0.137. The summed E-state index contributed by atoms with van der Waals surface area (Å²) in [5.74, 6) is 1.17. The molecule has 7 heteroatoms. The van der Waals surface area contributed by atoms with Crippen molar-refractivity contribution in [3.8, 4) is 11.5 Å². The van der Waals surface area contributed by atoms with Crippen LogP contribution in [-0.2, 0) is 19.0 Å². The monoisotopic (exact) mass is 393 g/mol. The van der Waals surface area contributed by atoms with Gasteiger partial charge in [-0.3, -0.25) is 4.98 Å². The molecule has 0 aliphatic rings. The second-order valence-corrected chi connectivity index (χ2v) is 6.88. The summed E-state index contributed by atoms with van der Waals surface area (Å²) in [5, 5.41) is 0. The zero-order valence-corrected chi connectivity index (χ0v) is 15.4. The highest BCUT2D eigenvalue weighted by Crippen LogP contribution is 2.30. The predicted molar refractivity (Wildman–Crippen MR) is 98.6 cm³/mol. The van der Waals surface area contributed by atoms with Gasteiger partial charge in [0.1, 0.15) is 11.5 Å². The van der Waals surface area contributed by atoms with E-state index in [2.05, 4.69) is 11.1 Å². The van der Waals surface area contributed by atoms with E-state index in [1.807, 2.05) is 18.3 Å². The largest absolute Gasteiger partial charge is 0.496 e. The minimum absolute atomic E-state index is 0.339. The molecule has 142 valence electrons. The summed E-state index contributed by atoms with van der Waals surface area (Å²) in [6, 6.07) is 10.7. The van der Waals surface area contributed by atoms with Crippen LogP contribution in [0.3, 0.4) is 0 Å². The van der Waals surface area contributed by atoms with Crippen molar-refractivity contribution >= 4 is 11.3 Å². The molecule has 0 spiro atoms. The highest BCUT2D eigenvalue weighted by atomic mass is 32.1. The molecule has 1 heterocycles. The maximum absolute atomic E-state index is 12.6. The topological polar surface area (TPSA) is 31.4 Å². The van der Waals surface area contributed by atoms with Crippen LogP contribution >= 0.6 is 11.3 Å². The summed E-state index contributed by atoms with van der Waals surface area (Å²) < 4.78 is 48.8. The highest BCUT2D eigenvalue weighted by molar-refractivity contribution is 7.09. The molecular weight excluding hydrogens is 375 g/mol. The van der Waals surface area contributed by atoms with Gasteiger partial charge >= 0.3 is 6.18 Å². The molecule has 0 amide bonds. The molecule has 0 aliphatic carbocycles. The molecule has 0 atom stereocenters. The maximum Gasteiger partial charge on any atom is 0.416 e. The molecule has 3 rings (SSSR count). The minimum atomic E-state index is -4.34. The molecule has 0 bridgehead atoms. The average molecular weight is 393 g/mol. The predicted octanol–water partition coefficient (Wildman–Crippen LogP) is 5.38. The molecule has 0 aliphatic heterocycles. The van der Waals surface area contributed by atoms with Crippen LogP contribution in [0, 0.1) is 0 Å². The van der Waals surface area contributed by atoms with Crippen molar-refractivity contribution in [2.24, 2.45) is 0 Å². The number of thiazole rings is 1. The van der Waals surface area contributed by atoms with Crippen LogP contribution in [0.25, 0.3) is 0 Å². The van der Waals surface area contributed by atoms with Crippen LogP contribution in [0.5, 0.6) is 11.5 Å². The first-order valence-corrected chi connectivity index (χ1v) is 9.17. The van der Waals surface area contributed by atoms with Crippen molar-refractivity contribution in [2.75, 3.05) is 13.7 Å². The Morgan fingerprint density at radius 1 is 1.07 bits per heavy atom. The number of benzene rings is 2. The quantitative estimate of drug-likeness (QED) is 0.540. The van der Waals surface area contributed by atoms with Crippen molar-refractivity contribution < 1.29 is 22.6 Å². The second-order valence-electron chi connectivity index (χ2n) is 5.91. The Balaban J connectivity index is 1.62. The van der Waals surface area contributed by atoms with Gasteiger partial charge in [0.2, 0.25) is 0 Å². The third-order valence-corrected chi connectivity index (χ3v) is 4.81. The van der Waals surface area contributed by atoms with Gasteiger partial charge in [0.25, 0.3) is 0 Å². The Morgan fingerprint density at radius 3 is 2.48 bits per heavy atom. The molecule has 0 N–H and O–H groups in total. The lowest BCUT2D eigenvalue weighted by Gasteiger charge is -2.12. The van der Waals surface area contributed by atoms with Gasteiger partial charge < -0.3 is 9.47 Å². The first-order valence-electron chi connectivity index (χ1n) is 8.29. The Bertz CT molecular complexity index is 862. The third-order valence-electron chi connectivity index (χ3n) is 4.03. The minimum Gasteiger partial charge on any atom is -0.496 e. The molecule has 0 fully saturated rings. The van der Waals surface area contributed by atoms with Crippen molar-refractivity contribution in [1.82, 2.24) is 4.98 Å². The Labute approximate surface area is 159 Å². The van der Waals surface area contributed by atoms with E-state index in [1.54, 1.807) is 24.0 Å². The number of rotatable bonds is 7. The van der Waals surface area contributed by atoms with E-state index >= 15 is 0 Å². The SMILES string of the molecule is COc1ccc(Cc2cncs2)cc1CCOc1ccc(C(F)(F)F)cc1. The fourth-order valence-electron chi connectivity index (χ4n) is 2.69. The summed E-state index contributed by atoms with van der Waals surface area (Å²) in [4.78, 5) is 5.26. The zero-order chi connectivity index (χ0) is 19.3. The van der Waals surface area contributed by atoms with E-state index in [0.717, 1.165) is 35.4 Å². The fraction of sp³-hybridized carbons (Fsp3) is 0.250. The molecule has 2 aromatic carbocycles. The number of hydrogen-bond donors (Lipinski definition) is 0. The summed E-state index contributed by atoms with van der Waals surface area (Å²) in [6.07, 6.45) is -1.12. The number of methoxy groups -OCH3 is 1. The summed E-state index contributed by atoms with van der Waals surface area (Å²) in [6.45, 7) is 0.339. The Kier molecular flexibility index (Phi) is 6.01. The summed E-state index contributed by atoms with van der Waals surface area (Å²) in [5.41, 5.74) is 3.25. The number of ether oxygens (including phenoxy) is 2. The van der Waals surface area contributed by atoms with Gasteiger partial charge in [0, 0.05) is 23.9 Å². The molecule has 3 aromatic rings.